The standard InChI is InChI=1S/C11H23NO/c1-9(8-13)12(4)10-5-6-11(2,3)7-10/h9-10,13H,5-8H2,1-4H3/t9-,10?/m1/s1. The van der Waals surface area contributed by atoms with E-state index in [9.17, 15) is 0 Å². The fourth-order valence-corrected chi connectivity index (χ4v) is 2.24. The lowest BCUT2D eigenvalue weighted by atomic mass is 9.91. The van der Waals surface area contributed by atoms with Crippen molar-refractivity contribution >= 4 is 0 Å². The normalized spacial score (nSPS) is 29.5. The molecule has 1 fully saturated rings. The number of nitrogens with zero attached hydrogens (tertiary/aromatic N) is 1. The average molecular weight is 185 g/mol. The first-order chi connectivity index (χ1) is 5.96. The van der Waals surface area contributed by atoms with E-state index in [0.717, 1.165) is 0 Å². The largest absolute Gasteiger partial charge is 0.395 e. The molecule has 0 heterocycles. The third-order valence-corrected chi connectivity index (χ3v) is 3.48. The predicted molar refractivity (Wildman–Crippen MR) is 55.7 cm³/mol. The van der Waals surface area contributed by atoms with Crippen LogP contribution in [0.4, 0.5) is 0 Å². The highest BCUT2D eigenvalue weighted by molar-refractivity contribution is 4.88. The van der Waals surface area contributed by atoms with Gasteiger partial charge < -0.3 is 5.11 Å². The van der Waals surface area contributed by atoms with E-state index in [1.54, 1.807) is 0 Å². The number of likely N-dealkylation sites (N-methyl/N-ethyl adjacent to an activating group) is 1. The van der Waals surface area contributed by atoms with Gasteiger partial charge in [-0.2, -0.15) is 0 Å². The minimum atomic E-state index is 0.271. The smallest absolute Gasteiger partial charge is 0.0584 e. The van der Waals surface area contributed by atoms with E-state index in [-0.39, 0.29) is 6.61 Å². The van der Waals surface area contributed by atoms with Crippen LogP contribution >= 0.6 is 0 Å². The Morgan fingerprint density at radius 3 is 2.54 bits per heavy atom. The predicted octanol–water partition coefficient (Wildman–Crippen LogP) is 1.88. The van der Waals surface area contributed by atoms with Crippen molar-refractivity contribution in [2.75, 3.05) is 13.7 Å². The van der Waals surface area contributed by atoms with Crippen LogP contribution in [0.1, 0.15) is 40.0 Å². The maximum absolute atomic E-state index is 9.05. The Labute approximate surface area is 81.9 Å². The third kappa shape index (κ3) is 2.68. The number of aliphatic hydroxyl groups excluding tert-OH is 1. The van der Waals surface area contributed by atoms with Crippen LogP contribution in [0.3, 0.4) is 0 Å². The second-order valence-corrected chi connectivity index (χ2v) is 5.26. The summed E-state index contributed by atoms with van der Waals surface area (Å²) in [7, 11) is 2.13. The Hall–Kier alpha value is -0.0800. The molecule has 2 heteroatoms. The lowest BCUT2D eigenvalue weighted by molar-refractivity contribution is 0.116. The molecule has 1 saturated carbocycles. The molecule has 0 bridgehead atoms. The molecule has 1 N–H and O–H groups in total. The Bertz CT molecular complexity index is 167. The van der Waals surface area contributed by atoms with Crippen LogP contribution in [-0.2, 0) is 0 Å². The van der Waals surface area contributed by atoms with Crippen molar-refractivity contribution in [1.29, 1.82) is 0 Å². The van der Waals surface area contributed by atoms with Crippen LogP contribution in [0.5, 0.6) is 0 Å². The van der Waals surface area contributed by atoms with Gasteiger partial charge in [0.2, 0.25) is 0 Å². The summed E-state index contributed by atoms with van der Waals surface area (Å²) in [6.45, 7) is 7.04. The van der Waals surface area contributed by atoms with Gasteiger partial charge in [-0.05, 0) is 38.6 Å². The zero-order valence-electron chi connectivity index (χ0n) is 9.38. The molecule has 78 valence electrons. The molecule has 1 rings (SSSR count). The molecule has 0 saturated heterocycles. The fourth-order valence-electron chi connectivity index (χ4n) is 2.24. The van der Waals surface area contributed by atoms with E-state index < -0.39 is 0 Å². The van der Waals surface area contributed by atoms with E-state index in [1.807, 2.05) is 0 Å². The van der Waals surface area contributed by atoms with Crippen molar-refractivity contribution < 1.29 is 5.11 Å². The number of aliphatic hydroxyl groups is 1. The Morgan fingerprint density at radius 2 is 2.15 bits per heavy atom. The summed E-state index contributed by atoms with van der Waals surface area (Å²) in [6, 6.07) is 0.982. The minimum absolute atomic E-state index is 0.271. The molecule has 0 radical (unpaired) electrons. The van der Waals surface area contributed by atoms with Crippen LogP contribution in [0.15, 0.2) is 0 Å². The minimum Gasteiger partial charge on any atom is -0.395 e. The summed E-state index contributed by atoms with van der Waals surface area (Å²) < 4.78 is 0. The van der Waals surface area contributed by atoms with Gasteiger partial charge >= 0.3 is 0 Å². The molecule has 2 nitrogen and oxygen atoms in total. The summed E-state index contributed by atoms with van der Waals surface area (Å²) in [6.07, 6.45) is 3.88. The van der Waals surface area contributed by atoms with Crippen LogP contribution in [0.2, 0.25) is 0 Å². The van der Waals surface area contributed by atoms with Gasteiger partial charge in [-0.3, -0.25) is 4.90 Å². The highest BCUT2D eigenvalue weighted by Gasteiger charge is 2.34. The number of rotatable bonds is 3. The topological polar surface area (TPSA) is 23.5 Å². The first-order valence-corrected chi connectivity index (χ1v) is 5.29. The molecule has 1 unspecified atom stereocenters. The van der Waals surface area contributed by atoms with Gasteiger partial charge in [0.1, 0.15) is 0 Å². The molecule has 13 heavy (non-hydrogen) atoms. The molecule has 0 aromatic carbocycles. The molecular weight excluding hydrogens is 162 g/mol. The second kappa shape index (κ2) is 3.97. The van der Waals surface area contributed by atoms with Gasteiger partial charge in [-0.25, -0.2) is 0 Å². The quantitative estimate of drug-likeness (QED) is 0.725. The number of hydrogen-bond donors (Lipinski definition) is 1. The Balaban J connectivity index is 2.46. The lowest BCUT2D eigenvalue weighted by Gasteiger charge is -2.30. The Morgan fingerprint density at radius 1 is 1.54 bits per heavy atom. The maximum Gasteiger partial charge on any atom is 0.0584 e. The Kier molecular flexibility index (Phi) is 3.36. The van der Waals surface area contributed by atoms with Crippen molar-refractivity contribution in [3.05, 3.63) is 0 Å². The first kappa shape index (κ1) is 11.0. The summed E-state index contributed by atoms with van der Waals surface area (Å²) in [5.74, 6) is 0. The van der Waals surface area contributed by atoms with Gasteiger partial charge in [-0.15, -0.1) is 0 Å². The van der Waals surface area contributed by atoms with Crippen LogP contribution in [0.25, 0.3) is 0 Å². The molecule has 0 aromatic heterocycles. The second-order valence-electron chi connectivity index (χ2n) is 5.26. The fraction of sp³-hybridized carbons (Fsp3) is 1.00. The van der Waals surface area contributed by atoms with E-state index in [0.29, 0.717) is 17.5 Å². The third-order valence-electron chi connectivity index (χ3n) is 3.48. The molecule has 2 atom stereocenters. The van der Waals surface area contributed by atoms with Gasteiger partial charge in [0.05, 0.1) is 6.61 Å². The molecule has 0 aromatic rings. The van der Waals surface area contributed by atoms with Crippen molar-refractivity contribution in [2.45, 2.75) is 52.1 Å². The summed E-state index contributed by atoms with van der Waals surface area (Å²) in [5, 5.41) is 9.05. The highest BCUT2D eigenvalue weighted by Crippen LogP contribution is 2.39. The summed E-state index contributed by atoms with van der Waals surface area (Å²) in [5.41, 5.74) is 0.508. The van der Waals surface area contributed by atoms with Crippen LogP contribution < -0.4 is 0 Å². The monoisotopic (exact) mass is 185 g/mol. The van der Waals surface area contributed by atoms with Crippen molar-refractivity contribution in [3.8, 4) is 0 Å². The van der Waals surface area contributed by atoms with E-state index in [2.05, 4.69) is 32.7 Å². The van der Waals surface area contributed by atoms with Gasteiger partial charge in [0.15, 0.2) is 0 Å². The molecule has 0 amide bonds. The number of hydrogen-bond acceptors (Lipinski definition) is 2. The molecule has 1 aliphatic rings. The summed E-state index contributed by atoms with van der Waals surface area (Å²) in [4.78, 5) is 2.33. The first-order valence-electron chi connectivity index (χ1n) is 5.29. The zero-order valence-corrected chi connectivity index (χ0v) is 9.38. The van der Waals surface area contributed by atoms with Gasteiger partial charge in [-0.1, -0.05) is 13.8 Å². The molecular formula is C11H23NO. The van der Waals surface area contributed by atoms with Gasteiger partial charge in [0.25, 0.3) is 0 Å². The molecule has 0 aliphatic heterocycles. The van der Waals surface area contributed by atoms with Crippen LogP contribution in [-0.4, -0.2) is 35.7 Å². The highest BCUT2D eigenvalue weighted by atomic mass is 16.3. The SMILES string of the molecule is C[C@H](CO)N(C)C1CCC(C)(C)C1. The average Bonchev–Trinajstić information content (AvgIpc) is 2.43. The molecule has 1 aliphatic carbocycles. The van der Waals surface area contributed by atoms with E-state index in [4.69, 9.17) is 5.11 Å². The van der Waals surface area contributed by atoms with E-state index in [1.165, 1.54) is 19.3 Å². The summed E-state index contributed by atoms with van der Waals surface area (Å²) >= 11 is 0. The van der Waals surface area contributed by atoms with E-state index >= 15 is 0 Å². The van der Waals surface area contributed by atoms with Crippen molar-refractivity contribution in [3.63, 3.8) is 0 Å². The lowest BCUT2D eigenvalue weighted by Crippen LogP contribution is -2.39. The maximum atomic E-state index is 9.05. The van der Waals surface area contributed by atoms with Gasteiger partial charge in [0, 0.05) is 12.1 Å². The van der Waals surface area contributed by atoms with Crippen molar-refractivity contribution in [2.24, 2.45) is 5.41 Å². The van der Waals surface area contributed by atoms with Crippen molar-refractivity contribution in [1.82, 2.24) is 4.90 Å². The zero-order chi connectivity index (χ0) is 10.1. The van der Waals surface area contributed by atoms with Crippen LogP contribution in [0, 0.1) is 5.41 Å². The molecule has 0 spiro atoms.